The number of carbonyl (C=O) groups is 3. The fraction of sp³-hybridized carbons (Fsp3) is 0.208. The summed E-state index contributed by atoms with van der Waals surface area (Å²) in [6.07, 6.45) is 3.62. The zero-order valence-electron chi connectivity index (χ0n) is 18.4. The average molecular weight is 463 g/mol. The fourth-order valence-corrected chi connectivity index (χ4v) is 4.06. The molecule has 2 aromatic carbocycles. The molecule has 10 heteroatoms. The van der Waals surface area contributed by atoms with E-state index in [2.05, 4.69) is 20.6 Å². The minimum atomic E-state index is -1.04. The molecule has 0 aliphatic rings. The summed E-state index contributed by atoms with van der Waals surface area (Å²) < 4.78 is 0. The van der Waals surface area contributed by atoms with Crippen molar-refractivity contribution >= 4 is 39.5 Å². The van der Waals surface area contributed by atoms with Crippen LogP contribution in [0.25, 0.3) is 21.8 Å². The summed E-state index contributed by atoms with van der Waals surface area (Å²) >= 11 is 0. The first-order chi connectivity index (χ1) is 16.2. The van der Waals surface area contributed by atoms with Crippen LogP contribution in [0.4, 0.5) is 0 Å². The van der Waals surface area contributed by atoms with Gasteiger partial charge >= 0.3 is 0 Å². The van der Waals surface area contributed by atoms with Crippen molar-refractivity contribution in [1.82, 2.24) is 20.6 Å². The zero-order valence-corrected chi connectivity index (χ0v) is 18.4. The maximum Gasteiger partial charge on any atom is 0.243 e. The van der Waals surface area contributed by atoms with Crippen LogP contribution < -0.4 is 16.4 Å². The number of amides is 3. The molecule has 0 unspecified atom stereocenters. The number of benzene rings is 2. The number of nitrogens with one attached hydrogen (secondary N) is 4. The third kappa shape index (κ3) is 4.80. The second kappa shape index (κ2) is 9.18. The fourth-order valence-electron chi connectivity index (χ4n) is 4.06. The average Bonchev–Trinajstić information content (AvgIpc) is 3.35. The van der Waals surface area contributed by atoms with Crippen molar-refractivity contribution in [2.75, 3.05) is 0 Å². The van der Waals surface area contributed by atoms with Crippen LogP contribution in [0.2, 0.25) is 0 Å². The van der Waals surface area contributed by atoms with Gasteiger partial charge in [0, 0.05) is 54.0 Å². The van der Waals surface area contributed by atoms with Gasteiger partial charge in [-0.1, -0.05) is 0 Å². The third-order valence-electron chi connectivity index (χ3n) is 5.70. The molecular weight excluding hydrogens is 438 g/mol. The largest absolute Gasteiger partial charge is 0.508 e. The van der Waals surface area contributed by atoms with E-state index < -0.39 is 29.8 Å². The highest BCUT2D eigenvalue weighted by molar-refractivity contribution is 5.93. The molecule has 0 aliphatic heterocycles. The minimum Gasteiger partial charge on any atom is -0.508 e. The number of H-pyrrole nitrogens is 2. The van der Waals surface area contributed by atoms with Crippen molar-refractivity contribution in [1.29, 1.82) is 0 Å². The predicted molar refractivity (Wildman–Crippen MR) is 126 cm³/mol. The van der Waals surface area contributed by atoms with Crippen LogP contribution in [0.5, 0.6) is 11.5 Å². The molecule has 0 aliphatic carbocycles. The second-order valence-electron chi connectivity index (χ2n) is 8.21. The molecule has 0 saturated heterocycles. The highest BCUT2D eigenvalue weighted by Gasteiger charge is 2.27. The Bertz CT molecular complexity index is 1390. The molecule has 4 rings (SSSR count). The molecule has 0 spiro atoms. The van der Waals surface area contributed by atoms with Gasteiger partial charge in [0.2, 0.25) is 17.7 Å². The Kier molecular flexibility index (Phi) is 6.13. The lowest BCUT2D eigenvalue weighted by Crippen LogP contribution is -2.54. The van der Waals surface area contributed by atoms with Gasteiger partial charge in [-0.05, 0) is 47.5 Å². The first kappa shape index (κ1) is 22.7. The molecule has 8 N–H and O–H groups in total. The summed E-state index contributed by atoms with van der Waals surface area (Å²) in [5, 5.41) is 26.3. The molecule has 2 aromatic heterocycles. The van der Waals surface area contributed by atoms with E-state index in [1.807, 2.05) is 0 Å². The number of phenols is 2. The van der Waals surface area contributed by atoms with Crippen molar-refractivity contribution in [2.24, 2.45) is 5.73 Å². The summed E-state index contributed by atoms with van der Waals surface area (Å²) in [5.74, 6) is -1.57. The summed E-state index contributed by atoms with van der Waals surface area (Å²) in [4.78, 5) is 43.2. The number of aromatic hydroxyl groups is 2. The van der Waals surface area contributed by atoms with Gasteiger partial charge in [-0.25, -0.2) is 0 Å². The number of rotatable bonds is 8. The van der Waals surface area contributed by atoms with E-state index in [9.17, 15) is 24.6 Å². The quantitative estimate of drug-likeness (QED) is 0.208. The van der Waals surface area contributed by atoms with E-state index in [0.717, 1.165) is 11.0 Å². The number of hydrogen-bond acceptors (Lipinski definition) is 5. The Balaban J connectivity index is 1.56. The highest BCUT2D eigenvalue weighted by Crippen LogP contribution is 2.25. The van der Waals surface area contributed by atoms with Crippen molar-refractivity contribution in [2.45, 2.75) is 31.8 Å². The van der Waals surface area contributed by atoms with Crippen molar-refractivity contribution in [3.05, 3.63) is 59.9 Å². The van der Waals surface area contributed by atoms with E-state index in [4.69, 9.17) is 5.73 Å². The molecule has 2 heterocycles. The van der Waals surface area contributed by atoms with Gasteiger partial charge in [-0.2, -0.15) is 0 Å². The smallest absolute Gasteiger partial charge is 0.243 e. The predicted octanol–water partition coefficient (Wildman–Crippen LogP) is 1.32. The molecule has 0 fully saturated rings. The van der Waals surface area contributed by atoms with E-state index in [1.165, 1.54) is 6.92 Å². The van der Waals surface area contributed by atoms with Gasteiger partial charge < -0.3 is 36.5 Å². The number of fused-ring (bicyclic) bond motifs is 2. The van der Waals surface area contributed by atoms with Gasteiger partial charge in [0.1, 0.15) is 23.6 Å². The molecule has 10 nitrogen and oxygen atoms in total. The molecule has 4 aromatic rings. The van der Waals surface area contributed by atoms with Crippen molar-refractivity contribution < 1.29 is 24.6 Å². The molecule has 0 saturated carbocycles. The van der Waals surface area contributed by atoms with Gasteiger partial charge in [-0.15, -0.1) is 0 Å². The number of phenolic OH excluding ortho intramolecular Hbond substituents is 2. The SMILES string of the molecule is CC(=O)N[C@@H](Cc1c[nH]c2ccc(O)cc12)C(=O)N[C@@H](Cc1c[nH]c2ccc(O)cc12)C(N)=O. The Labute approximate surface area is 194 Å². The van der Waals surface area contributed by atoms with E-state index >= 15 is 0 Å². The first-order valence-electron chi connectivity index (χ1n) is 10.7. The normalized spacial score (nSPS) is 13.0. The maximum absolute atomic E-state index is 13.1. The molecule has 2 atom stereocenters. The lowest BCUT2D eigenvalue weighted by Gasteiger charge is -2.21. The summed E-state index contributed by atoms with van der Waals surface area (Å²) in [6, 6.07) is 7.61. The van der Waals surface area contributed by atoms with Crippen LogP contribution >= 0.6 is 0 Å². The van der Waals surface area contributed by atoms with Crippen molar-refractivity contribution in [3.8, 4) is 11.5 Å². The Morgan fingerprint density at radius 2 is 1.35 bits per heavy atom. The van der Waals surface area contributed by atoms with Crippen LogP contribution in [-0.4, -0.2) is 50.0 Å². The van der Waals surface area contributed by atoms with Crippen LogP contribution in [0.3, 0.4) is 0 Å². The van der Waals surface area contributed by atoms with E-state index in [1.54, 1.807) is 48.8 Å². The summed E-state index contributed by atoms with van der Waals surface area (Å²) in [7, 11) is 0. The van der Waals surface area contributed by atoms with Gasteiger partial charge in [0.15, 0.2) is 0 Å². The maximum atomic E-state index is 13.1. The minimum absolute atomic E-state index is 0.0727. The van der Waals surface area contributed by atoms with Crippen molar-refractivity contribution in [3.63, 3.8) is 0 Å². The second-order valence-corrected chi connectivity index (χ2v) is 8.21. The first-order valence-corrected chi connectivity index (χ1v) is 10.7. The molecule has 0 bridgehead atoms. The summed E-state index contributed by atoms with van der Waals surface area (Å²) in [5.41, 5.74) is 8.51. The van der Waals surface area contributed by atoms with Gasteiger partial charge in [0.05, 0.1) is 0 Å². The Morgan fingerprint density at radius 1 is 0.853 bits per heavy atom. The Hall–Kier alpha value is -4.47. The number of nitrogens with two attached hydrogens (primary N) is 1. The lowest BCUT2D eigenvalue weighted by molar-refractivity contribution is -0.130. The Morgan fingerprint density at radius 3 is 1.82 bits per heavy atom. The molecule has 0 radical (unpaired) electrons. The van der Waals surface area contributed by atoms with Crippen LogP contribution in [0.1, 0.15) is 18.1 Å². The van der Waals surface area contributed by atoms with Gasteiger partial charge in [-0.3, -0.25) is 14.4 Å². The lowest BCUT2D eigenvalue weighted by atomic mass is 10.0. The number of aromatic nitrogens is 2. The van der Waals surface area contributed by atoms with E-state index in [-0.39, 0.29) is 24.3 Å². The number of carbonyl (C=O) groups excluding carboxylic acids is 3. The molecular formula is C24H25N5O5. The topological polar surface area (TPSA) is 173 Å². The highest BCUT2D eigenvalue weighted by atomic mass is 16.3. The monoisotopic (exact) mass is 463 g/mol. The molecule has 34 heavy (non-hydrogen) atoms. The third-order valence-corrected chi connectivity index (χ3v) is 5.70. The number of hydrogen-bond donors (Lipinski definition) is 7. The van der Waals surface area contributed by atoms with Gasteiger partial charge in [0.25, 0.3) is 0 Å². The standard InChI is InChI=1S/C24H25N5O5/c1-12(30)28-22(7-14-11-27-20-5-3-16(32)9-18(14)20)24(34)29-21(23(25)33)6-13-10-26-19-4-2-15(31)8-17(13)19/h2-5,8-11,21-22,26-27,31-32H,6-7H2,1H3,(H2,25,33)(H,28,30)(H,29,34)/t21-,22-/m0/s1. The zero-order chi connectivity index (χ0) is 24.4. The summed E-state index contributed by atoms with van der Waals surface area (Å²) in [6.45, 7) is 1.30. The number of aromatic amines is 2. The molecule has 176 valence electrons. The van der Waals surface area contributed by atoms with Crippen LogP contribution in [0, 0.1) is 0 Å². The number of primary amides is 1. The van der Waals surface area contributed by atoms with Crippen LogP contribution in [-0.2, 0) is 27.2 Å². The molecule has 3 amide bonds. The van der Waals surface area contributed by atoms with Crippen LogP contribution in [0.15, 0.2) is 48.8 Å². The van der Waals surface area contributed by atoms with E-state index in [0.29, 0.717) is 21.9 Å².